The van der Waals surface area contributed by atoms with Gasteiger partial charge in [-0.15, -0.1) is 35.9 Å². The molecule has 0 radical (unpaired) electrons. The van der Waals surface area contributed by atoms with Crippen LogP contribution in [-0.4, -0.2) is 18.0 Å². The van der Waals surface area contributed by atoms with Crippen LogP contribution in [0.5, 0.6) is 11.5 Å². The first-order chi connectivity index (χ1) is 23.6. The van der Waals surface area contributed by atoms with Crippen molar-refractivity contribution >= 4 is 40.8 Å². The first-order valence-corrected chi connectivity index (χ1v) is 18.6. The minimum atomic E-state index is -2.93. The van der Waals surface area contributed by atoms with E-state index in [-0.39, 0.29) is 26.5 Å². The first kappa shape index (κ1) is 31.4. The number of nitrogens with zero attached hydrogens (tertiary/aromatic N) is 3. The van der Waals surface area contributed by atoms with Gasteiger partial charge in [-0.05, 0) is 81.8 Å². The van der Waals surface area contributed by atoms with Crippen molar-refractivity contribution in [1.82, 2.24) is 9.97 Å². The predicted molar refractivity (Wildman–Crippen MR) is 196 cm³/mol. The summed E-state index contributed by atoms with van der Waals surface area (Å²) < 4.78 is 6.61. The Morgan fingerprint density at radius 3 is 2.33 bits per heavy atom. The van der Waals surface area contributed by atoms with E-state index in [0.717, 1.165) is 63.2 Å². The molecule has 2 aliphatic heterocycles. The van der Waals surface area contributed by atoms with Gasteiger partial charge in [0, 0.05) is 28.9 Å². The summed E-state index contributed by atoms with van der Waals surface area (Å²) in [5.74, 6) is 1.56. The fourth-order valence-corrected chi connectivity index (χ4v) is 13.3. The quantitative estimate of drug-likeness (QED) is 0.132. The number of para-hydroxylation sites is 2. The van der Waals surface area contributed by atoms with Gasteiger partial charge in [-0.1, -0.05) is 80.6 Å². The molecule has 1 unspecified atom stereocenters. The Morgan fingerprint density at radius 1 is 0.714 bits per heavy atom. The molecule has 0 amide bonds. The number of pyridine rings is 2. The van der Waals surface area contributed by atoms with Crippen molar-refractivity contribution in [3.05, 3.63) is 168 Å². The second-order valence-electron chi connectivity index (χ2n) is 13.1. The van der Waals surface area contributed by atoms with Crippen LogP contribution in [-0.2, 0) is 26.5 Å². The van der Waals surface area contributed by atoms with Crippen molar-refractivity contribution in [1.29, 1.82) is 0 Å². The van der Waals surface area contributed by atoms with Crippen LogP contribution in [0.3, 0.4) is 0 Å². The third-order valence-corrected chi connectivity index (χ3v) is 14.8. The van der Waals surface area contributed by atoms with Gasteiger partial charge in [0.05, 0.1) is 5.69 Å². The monoisotopic (exact) mass is 830 g/mol. The summed E-state index contributed by atoms with van der Waals surface area (Å²) in [6.45, 7) is 4.75. The van der Waals surface area contributed by atoms with Gasteiger partial charge in [0.2, 0.25) is 0 Å². The summed E-state index contributed by atoms with van der Waals surface area (Å²) in [5, 5.41) is 5.09. The smallest absolute Gasteiger partial charge is 0.513 e. The molecule has 9 rings (SSSR count). The Morgan fingerprint density at radius 2 is 1.49 bits per heavy atom. The molecule has 1 atom stereocenters. The van der Waals surface area contributed by atoms with Gasteiger partial charge in [-0.2, -0.15) is 17.3 Å². The van der Waals surface area contributed by atoms with Crippen LogP contribution in [0.4, 0.5) is 17.1 Å². The number of hydrogen-bond acceptors (Lipinski definition) is 4. The van der Waals surface area contributed by atoms with Gasteiger partial charge >= 0.3 is 21.1 Å². The maximum Gasteiger partial charge on any atom is 2.00 e. The third-order valence-electron chi connectivity index (χ3n) is 10.1. The van der Waals surface area contributed by atoms with Crippen molar-refractivity contribution in [3.8, 4) is 22.8 Å². The van der Waals surface area contributed by atoms with Crippen molar-refractivity contribution < 1.29 is 25.8 Å². The largest absolute Gasteiger partial charge is 2.00 e. The second-order valence-corrected chi connectivity index (χ2v) is 16.7. The molecular formula is C43H33N3OPtSi. The molecule has 2 aromatic heterocycles. The fourth-order valence-electron chi connectivity index (χ4n) is 7.97. The molecule has 0 saturated heterocycles. The second kappa shape index (κ2) is 12.2. The molecule has 6 aromatic rings. The van der Waals surface area contributed by atoms with E-state index in [1.54, 1.807) is 0 Å². The molecule has 4 nitrogen and oxygen atoms in total. The minimum absolute atomic E-state index is 0. The molecule has 0 fully saturated rings. The number of hydrogen-bond donors (Lipinski definition) is 0. The van der Waals surface area contributed by atoms with Gasteiger partial charge in [0.15, 0.2) is 8.07 Å². The van der Waals surface area contributed by atoms with Crippen molar-refractivity contribution in [3.63, 3.8) is 0 Å². The zero-order chi connectivity index (χ0) is 32.3. The van der Waals surface area contributed by atoms with Crippen LogP contribution >= 0.6 is 0 Å². The maximum absolute atomic E-state index is 6.61. The number of aromatic nitrogens is 2. The molecule has 0 N–H and O–H groups in total. The molecular weight excluding hydrogens is 798 g/mol. The number of benzene rings is 4. The van der Waals surface area contributed by atoms with E-state index in [2.05, 4.69) is 127 Å². The first-order valence-electron chi connectivity index (χ1n) is 16.6. The molecule has 0 spiro atoms. The van der Waals surface area contributed by atoms with Crippen LogP contribution < -0.4 is 25.3 Å². The Balaban J connectivity index is 0.00000348. The SMILES string of the molecule is CC1(C)C2=CCCC=C2[Si](c2[c-]c3c(cc2)Oc2ccccc2N3c2[c-]c(-c3ccccn3)ccc2)(c2ccccn2)c2ccccc21.[Pt+2]. The van der Waals surface area contributed by atoms with E-state index >= 15 is 0 Å². The molecule has 4 heterocycles. The number of fused-ring (bicyclic) bond motifs is 4. The van der Waals surface area contributed by atoms with Gasteiger partial charge in [0.25, 0.3) is 0 Å². The van der Waals surface area contributed by atoms with Gasteiger partial charge in [0.1, 0.15) is 5.75 Å². The van der Waals surface area contributed by atoms with E-state index in [9.17, 15) is 0 Å². The summed E-state index contributed by atoms with van der Waals surface area (Å²) in [4.78, 5) is 12.0. The molecule has 4 aromatic carbocycles. The van der Waals surface area contributed by atoms with Gasteiger partial charge in [-0.25, -0.2) is 0 Å². The van der Waals surface area contributed by atoms with Crippen molar-refractivity contribution in [2.75, 3.05) is 4.90 Å². The Labute approximate surface area is 303 Å². The average molecular weight is 831 g/mol. The van der Waals surface area contributed by atoms with Crippen LogP contribution in [0, 0.1) is 12.1 Å². The maximum atomic E-state index is 6.61. The summed E-state index contributed by atoms with van der Waals surface area (Å²) in [6, 6.07) is 48.0. The Bertz CT molecular complexity index is 2270. The summed E-state index contributed by atoms with van der Waals surface area (Å²) in [7, 11) is -2.93. The zero-order valence-corrected chi connectivity index (χ0v) is 30.5. The van der Waals surface area contributed by atoms with E-state index in [1.165, 1.54) is 21.5 Å². The molecule has 0 bridgehead atoms. The number of allylic oxidation sites excluding steroid dienone is 4. The van der Waals surface area contributed by atoms with Crippen LogP contribution in [0.2, 0.25) is 0 Å². The Hall–Kier alpha value is -4.83. The van der Waals surface area contributed by atoms with Crippen LogP contribution in [0.25, 0.3) is 11.3 Å². The molecule has 49 heavy (non-hydrogen) atoms. The summed E-state index contributed by atoms with van der Waals surface area (Å²) in [6.07, 6.45) is 10.8. The predicted octanol–water partition coefficient (Wildman–Crippen LogP) is 8.26. The normalized spacial score (nSPS) is 18.3. The van der Waals surface area contributed by atoms with Crippen molar-refractivity contribution in [2.24, 2.45) is 0 Å². The van der Waals surface area contributed by atoms with Gasteiger partial charge in [-0.3, -0.25) is 4.98 Å². The number of rotatable bonds is 4. The third kappa shape index (κ3) is 4.82. The fraction of sp³-hybridized carbons (Fsp3) is 0.116. The zero-order valence-electron chi connectivity index (χ0n) is 27.3. The van der Waals surface area contributed by atoms with E-state index in [0.29, 0.717) is 0 Å². The summed E-state index contributed by atoms with van der Waals surface area (Å²) >= 11 is 0. The average Bonchev–Trinajstić information content (AvgIpc) is 3.15. The Kier molecular flexibility index (Phi) is 7.86. The molecule has 3 aliphatic rings. The molecule has 240 valence electrons. The van der Waals surface area contributed by atoms with E-state index in [4.69, 9.17) is 9.72 Å². The summed E-state index contributed by atoms with van der Waals surface area (Å²) in [5.41, 5.74) is 7.19. The van der Waals surface area contributed by atoms with E-state index in [1.807, 2.05) is 48.8 Å². The molecule has 1 aliphatic carbocycles. The van der Waals surface area contributed by atoms with Crippen LogP contribution in [0.15, 0.2) is 151 Å². The van der Waals surface area contributed by atoms with E-state index < -0.39 is 8.07 Å². The minimum Gasteiger partial charge on any atom is -0.513 e. The topological polar surface area (TPSA) is 38.2 Å². The number of ether oxygens (including phenoxy) is 1. The van der Waals surface area contributed by atoms with Crippen LogP contribution in [0.1, 0.15) is 32.3 Å². The van der Waals surface area contributed by atoms with Gasteiger partial charge < -0.3 is 14.6 Å². The van der Waals surface area contributed by atoms with Crippen molar-refractivity contribution in [2.45, 2.75) is 32.1 Å². The molecule has 6 heteroatoms. The standard InChI is InChI=1S/C43H33N3OSi.Pt/c1-43(2)33-16-3-7-21-40(33)48(42-23-10-12-27-45-42,41-22-8-4-17-34(41)43)32-24-25-39-37(29-32)46(36-19-5-6-20-38(36)47-39)31-15-13-14-30(28-31)35-18-9-11-26-44-35;/h3,5-7,9-27H,4,8H2,1-2H3;/q-2;+2. The number of anilines is 3. The molecule has 0 saturated carbocycles.